The molecule has 0 spiro atoms. The molecule has 0 bridgehead atoms. The third-order valence-corrected chi connectivity index (χ3v) is 3.62. The Morgan fingerprint density at radius 3 is 3.00 bits per heavy atom. The molecule has 0 saturated carbocycles. The van der Waals surface area contributed by atoms with Gasteiger partial charge in [-0.1, -0.05) is 6.42 Å². The fourth-order valence-corrected chi connectivity index (χ4v) is 2.31. The number of halogens is 1. The molecular formula is C12H17BrN2OS. The summed E-state index contributed by atoms with van der Waals surface area (Å²) in [5, 5.41) is 2.88. The maximum absolute atomic E-state index is 11.7. The zero-order chi connectivity index (χ0) is 12.5. The number of amides is 1. The Labute approximate surface area is 115 Å². The van der Waals surface area contributed by atoms with Gasteiger partial charge in [0.2, 0.25) is 0 Å². The Kier molecular flexibility index (Phi) is 7.28. The van der Waals surface area contributed by atoms with Crippen molar-refractivity contribution in [1.82, 2.24) is 10.3 Å². The number of hydrogen-bond donors (Lipinski definition) is 1. The van der Waals surface area contributed by atoms with Gasteiger partial charge in [-0.05, 0) is 52.9 Å². The second-order valence-electron chi connectivity index (χ2n) is 3.64. The van der Waals surface area contributed by atoms with Crippen molar-refractivity contribution in [2.45, 2.75) is 19.3 Å². The van der Waals surface area contributed by atoms with Crippen LogP contribution >= 0.6 is 27.7 Å². The molecular weight excluding hydrogens is 300 g/mol. The first-order chi connectivity index (χ1) is 8.25. The van der Waals surface area contributed by atoms with Crippen LogP contribution in [0.1, 0.15) is 29.8 Å². The fourth-order valence-electron chi connectivity index (χ4n) is 1.39. The number of nitrogens with zero attached hydrogens (tertiary/aromatic N) is 1. The van der Waals surface area contributed by atoms with Crippen LogP contribution in [0.15, 0.2) is 22.8 Å². The lowest BCUT2D eigenvalue weighted by molar-refractivity contribution is 0.0947. The van der Waals surface area contributed by atoms with Gasteiger partial charge in [0.05, 0.1) is 0 Å². The van der Waals surface area contributed by atoms with E-state index < -0.39 is 0 Å². The second-order valence-corrected chi connectivity index (χ2v) is 5.48. The highest BCUT2D eigenvalue weighted by atomic mass is 79.9. The van der Waals surface area contributed by atoms with Gasteiger partial charge in [-0.25, -0.2) is 4.98 Å². The average molecular weight is 317 g/mol. The van der Waals surface area contributed by atoms with Crippen LogP contribution < -0.4 is 5.32 Å². The molecule has 0 unspecified atom stereocenters. The minimum atomic E-state index is -0.109. The first-order valence-corrected chi connectivity index (χ1v) is 7.82. The van der Waals surface area contributed by atoms with E-state index in [1.165, 1.54) is 12.2 Å². The van der Waals surface area contributed by atoms with Crippen molar-refractivity contribution in [3.63, 3.8) is 0 Å². The number of carbonyl (C=O) groups excluding carboxylic acids is 1. The smallest absolute Gasteiger partial charge is 0.271 e. The topological polar surface area (TPSA) is 42.0 Å². The van der Waals surface area contributed by atoms with Crippen LogP contribution in [0.3, 0.4) is 0 Å². The SMILES string of the molecule is CSCCCCCNC(=O)c1ncccc1Br. The van der Waals surface area contributed by atoms with Crippen molar-refractivity contribution >= 4 is 33.6 Å². The molecule has 0 radical (unpaired) electrons. The zero-order valence-corrected chi connectivity index (χ0v) is 12.3. The molecule has 1 rings (SSSR count). The Hall–Kier alpha value is -0.550. The largest absolute Gasteiger partial charge is 0.351 e. The van der Waals surface area contributed by atoms with Gasteiger partial charge in [0, 0.05) is 17.2 Å². The molecule has 0 aliphatic carbocycles. The van der Waals surface area contributed by atoms with Crippen LogP contribution in [-0.2, 0) is 0 Å². The van der Waals surface area contributed by atoms with E-state index in [1.807, 2.05) is 17.8 Å². The normalized spacial score (nSPS) is 10.2. The van der Waals surface area contributed by atoms with Gasteiger partial charge in [-0.15, -0.1) is 0 Å². The number of hydrogen-bond acceptors (Lipinski definition) is 3. The summed E-state index contributed by atoms with van der Waals surface area (Å²) in [4.78, 5) is 15.8. The summed E-state index contributed by atoms with van der Waals surface area (Å²) in [5.41, 5.74) is 0.455. The molecule has 0 aromatic carbocycles. The summed E-state index contributed by atoms with van der Waals surface area (Å²) in [6, 6.07) is 3.61. The minimum Gasteiger partial charge on any atom is -0.351 e. The Morgan fingerprint density at radius 1 is 1.47 bits per heavy atom. The molecule has 94 valence electrons. The maximum Gasteiger partial charge on any atom is 0.271 e. The molecule has 17 heavy (non-hydrogen) atoms. The summed E-state index contributed by atoms with van der Waals surface area (Å²) < 4.78 is 0.736. The predicted octanol–water partition coefficient (Wildman–Crippen LogP) is 3.11. The summed E-state index contributed by atoms with van der Waals surface area (Å²) in [6.45, 7) is 0.718. The number of aromatic nitrogens is 1. The highest BCUT2D eigenvalue weighted by Crippen LogP contribution is 2.12. The first kappa shape index (κ1) is 14.5. The van der Waals surface area contributed by atoms with Gasteiger partial charge in [0.15, 0.2) is 0 Å². The van der Waals surface area contributed by atoms with Gasteiger partial charge in [0.25, 0.3) is 5.91 Å². The lowest BCUT2D eigenvalue weighted by atomic mass is 10.2. The number of rotatable bonds is 7. The summed E-state index contributed by atoms with van der Waals surface area (Å²) in [6.07, 6.45) is 7.13. The summed E-state index contributed by atoms with van der Waals surface area (Å²) >= 11 is 5.18. The number of thioether (sulfide) groups is 1. The van der Waals surface area contributed by atoms with Crippen molar-refractivity contribution in [2.75, 3.05) is 18.6 Å². The lowest BCUT2D eigenvalue weighted by Gasteiger charge is -2.05. The van der Waals surface area contributed by atoms with E-state index in [9.17, 15) is 4.79 Å². The Morgan fingerprint density at radius 2 is 2.29 bits per heavy atom. The van der Waals surface area contributed by atoms with Crippen molar-refractivity contribution in [1.29, 1.82) is 0 Å². The highest BCUT2D eigenvalue weighted by Gasteiger charge is 2.09. The quantitative estimate of drug-likeness (QED) is 0.786. The Balaban J connectivity index is 2.24. The van der Waals surface area contributed by atoms with Gasteiger partial charge < -0.3 is 5.32 Å². The maximum atomic E-state index is 11.7. The van der Waals surface area contributed by atoms with E-state index in [-0.39, 0.29) is 5.91 Å². The molecule has 1 heterocycles. The van der Waals surface area contributed by atoms with E-state index >= 15 is 0 Å². The molecule has 3 nitrogen and oxygen atoms in total. The van der Waals surface area contributed by atoms with Crippen LogP contribution in [0.2, 0.25) is 0 Å². The number of pyridine rings is 1. The van der Waals surface area contributed by atoms with Crippen molar-refractivity contribution in [2.24, 2.45) is 0 Å². The molecule has 0 aliphatic rings. The number of carbonyl (C=O) groups is 1. The fraction of sp³-hybridized carbons (Fsp3) is 0.500. The third-order valence-electron chi connectivity index (χ3n) is 2.28. The molecule has 1 aromatic rings. The third kappa shape index (κ3) is 5.55. The van der Waals surface area contributed by atoms with Crippen LogP contribution in [0.25, 0.3) is 0 Å². The standard InChI is InChI=1S/C12H17BrN2OS/c1-17-9-4-2-3-7-15-12(16)11-10(13)6-5-8-14-11/h5-6,8H,2-4,7,9H2,1H3,(H,15,16). The molecule has 1 aromatic heterocycles. The summed E-state index contributed by atoms with van der Waals surface area (Å²) in [7, 11) is 0. The summed E-state index contributed by atoms with van der Waals surface area (Å²) in [5.74, 6) is 1.09. The molecule has 1 N–H and O–H groups in total. The van der Waals surface area contributed by atoms with Crippen molar-refractivity contribution in [3.8, 4) is 0 Å². The van der Waals surface area contributed by atoms with E-state index in [2.05, 4.69) is 32.5 Å². The van der Waals surface area contributed by atoms with Crippen LogP contribution in [0.5, 0.6) is 0 Å². The predicted molar refractivity (Wildman–Crippen MR) is 76.5 cm³/mol. The van der Waals surface area contributed by atoms with Crippen LogP contribution in [-0.4, -0.2) is 29.4 Å². The highest BCUT2D eigenvalue weighted by molar-refractivity contribution is 9.10. The van der Waals surface area contributed by atoms with E-state index in [0.717, 1.165) is 23.9 Å². The molecule has 0 saturated heterocycles. The van der Waals surface area contributed by atoms with E-state index in [1.54, 1.807) is 12.3 Å². The second kappa shape index (κ2) is 8.53. The zero-order valence-electron chi connectivity index (χ0n) is 9.91. The number of unbranched alkanes of at least 4 members (excludes halogenated alkanes) is 2. The van der Waals surface area contributed by atoms with Crippen LogP contribution in [0.4, 0.5) is 0 Å². The molecule has 0 fully saturated rings. The van der Waals surface area contributed by atoms with E-state index in [0.29, 0.717) is 5.69 Å². The Bertz CT molecular complexity index is 360. The average Bonchev–Trinajstić information content (AvgIpc) is 2.34. The molecule has 0 atom stereocenters. The van der Waals surface area contributed by atoms with Gasteiger partial charge >= 0.3 is 0 Å². The molecule has 0 aliphatic heterocycles. The molecule has 5 heteroatoms. The molecule has 1 amide bonds. The monoisotopic (exact) mass is 316 g/mol. The van der Waals surface area contributed by atoms with Crippen molar-refractivity contribution in [3.05, 3.63) is 28.5 Å². The lowest BCUT2D eigenvalue weighted by Crippen LogP contribution is -2.25. The van der Waals surface area contributed by atoms with Gasteiger partial charge in [-0.3, -0.25) is 4.79 Å². The minimum absolute atomic E-state index is 0.109. The van der Waals surface area contributed by atoms with Crippen LogP contribution in [0, 0.1) is 0 Å². The van der Waals surface area contributed by atoms with E-state index in [4.69, 9.17) is 0 Å². The van der Waals surface area contributed by atoms with Gasteiger partial charge in [-0.2, -0.15) is 11.8 Å². The number of nitrogens with one attached hydrogen (secondary N) is 1. The van der Waals surface area contributed by atoms with Crippen molar-refractivity contribution < 1.29 is 4.79 Å². The van der Waals surface area contributed by atoms with Gasteiger partial charge in [0.1, 0.15) is 5.69 Å². The first-order valence-electron chi connectivity index (χ1n) is 5.63.